The number of nitrogens with one attached hydrogen (secondary N) is 7. The first-order valence-corrected chi connectivity index (χ1v) is 17.5. The van der Waals surface area contributed by atoms with Crippen molar-refractivity contribution >= 4 is 41.4 Å². The van der Waals surface area contributed by atoms with Gasteiger partial charge < -0.3 is 51.4 Å². The maximum Gasteiger partial charge on any atom is 0.222 e. The van der Waals surface area contributed by atoms with Crippen molar-refractivity contribution in [2.75, 3.05) is 78.9 Å². The van der Waals surface area contributed by atoms with Crippen molar-refractivity contribution in [3.05, 3.63) is 0 Å². The molecule has 0 aliphatic rings. The third-order valence-electron chi connectivity index (χ3n) is 6.86. The van der Waals surface area contributed by atoms with E-state index in [1.807, 2.05) is 6.92 Å². The van der Waals surface area contributed by atoms with E-state index in [1.54, 1.807) is 6.92 Å². The van der Waals surface area contributed by atoms with E-state index in [4.69, 9.17) is 14.2 Å². The van der Waals surface area contributed by atoms with E-state index in [0.29, 0.717) is 65.0 Å². The molecule has 0 spiro atoms. The lowest BCUT2D eigenvalue weighted by Crippen LogP contribution is -2.58. The van der Waals surface area contributed by atoms with E-state index in [1.165, 1.54) is 13.8 Å². The molecule has 7 amide bonds. The summed E-state index contributed by atoms with van der Waals surface area (Å²) in [5, 5.41) is 19.3. The fraction of sp³-hybridized carbons (Fsp3) is 0.788. The minimum atomic E-state index is -1.18. The highest BCUT2D eigenvalue weighted by Crippen LogP contribution is 2.11. The monoisotopic (exact) mass is 715 g/mol. The molecule has 0 atom stereocenters. The molecule has 50 heavy (non-hydrogen) atoms. The summed E-state index contributed by atoms with van der Waals surface area (Å²) in [5.41, 5.74) is -1.18. The van der Waals surface area contributed by atoms with Crippen LogP contribution in [0.3, 0.4) is 0 Å². The molecule has 0 heterocycles. The molecular weight excluding hydrogens is 654 g/mol. The van der Waals surface area contributed by atoms with Gasteiger partial charge in [0.1, 0.15) is 5.54 Å². The summed E-state index contributed by atoms with van der Waals surface area (Å²) < 4.78 is 17.5. The van der Waals surface area contributed by atoms with Crippen LogP contribution >= 0.6 is 0 Å². The first-order chi connectivity index (χ1) is 23.9. The van der Waals surface area contributed by atoms with Crippen LogP contribution in [0.1, 0.15) is 85.5 Å². The molecule has 17 nitrogen and oxygen atoms in total. The van der Waals surface area contributed by atoms with Crippen molar-refractivity contribution in [1.29, 1.82) is 0 Å². The van der Waals surface area contributed by atoms with Gasteiger partial charge in [-0.15, -0.1) is 0 Å². The summed E-state index contributed by atoms with van der Waals surface area (Å²) in [7, 11) is 0. The standard InChI is InChI=1S/C33H61N7O10/c1-5-10-29(44)36-18-9-19-39-32(47)13-22-50-25-33(40-28(43)6-2,23-48-20-11-30(45)37-16-7-14-34-26(3)41)24-49-21-12-31(46)38-17-8-15-35-27(4)42/h5-25H2,1-4H3,(H,34,41)(H,35,42)(H,36,44)(H,37,45)(H,38,46)(H,39,47)(H,40,43). The van der Waals surface area contributed by atoms with Crippen molar-refractivity contribution in [1.82, 2.24) is 37.2 Å². The summed E-state index contributed by atoms with van der Waals surface area (Å²) >= 11 is 0. The van der Waals surface area contributed by atoms with Crippen molar-refractivity contribution < 1.29 is 47.8 Å². The molecule has 0 unspecified atom stereocenters. The molecule has 0 aromatic heterocycles. The van der Waals surface area contributed by atoms with Gasteiger partial charge in [-0.05, 0) is 25.7 Å². The lowest BCUT2D eigenvalue weighted by molar-refractivity contribution is -0.130. The van der Waals surface area contributed by atoms with Gasteiger partial charge in [-0.1, -0.05) is 13.8 Å². The van der Waals surface area contributed by atoms with E-state index in [9.17, 15) is 33.6 Å². The first kappa shape index (κ1) is 46.2. The second-order valence-corrected chi connectivity index (χ2v) is 11.8. The van der Waals surface area contributed by atoms with E-state index in [2.05, 4.69) is 37.2 Å². The van der Waals surface area contributed by atoms with Gasteiger partial charge in [0.05, 0.1) is 39.6 Å². The average molecular weight is 716 g/mol. The normalized spacial score (nSPS) is 10.9. The Bertz CT molecular complexity index is 985. The lowest BCUT2D eigenvalue weighted by atomic mass is 10.0. The summed E-state index contributed by atoms with van der Waals surface area (Å²) in [4.78, 5) is 82.8. The van der Waals surface area contributed by atoms with Gasteiger partial charge in [-0.3, -0.25) is 33.6 Å². The van der Waals surface area contributed by atoms with Crippen LogP contribution in [0, 0.1) is 0 Å². The third-order valence-corrected chi connectivity index (χ3v) is 6.86. The minimum Gasteiger partial charge on any atom is -0.378 e. The number of ether oxygens (including phenoxy) is 3. The third kappa shape index (κ3) is 28.1. The van der Waals surface area contributed by atoms with Crippen LogP contribution in [0.5, 0.6) is 0 Å². The number of carbonyl (C=O) groups excluding carboxylic acids is 7. The molecule has 288 valence electrons. The molecular formula is C33H61N7O10. The van der Waals surface area contributed by atoms with Gasteiger partial charge in [0.15, 0.2) is 0 Å². The Morgan fingerprint density at radius 1 is 0.460 bits per heavy atom. The SMILES string of the molecule is CCCC(=O)NCCCNC(=O)CCOCC(COCCC(=O)NCCCNC(C)=O)(COCCC(=O)NCCCNC(C)=O)NC(=O)CC. The fourth-order valence-corrected chi connectivity index (χ4v) is 4.20. The lowest BCUT2D eigenvalue weighted by Gasteiger charge is -2.34. The summed E-state index contributed by atoms with van der Waals surface area (Å²) in [5.74, 6) is -1.29. The van der Waals surface area contributed by atoms with Crippen molar-refractivity contribution in [3.8, 4) is 0 Å². The maximum absolute atomic E-state index is 12.6. The van der Waals surface area contributed by atoms with E-state index >= 15 is 0 Å². The molecule has 0 aliphatic carbocycles. The molecule has 0 aromatic rings. The van der Waals surface area contributed by atoms with Gasteiger partial charge in [-0.25, -0.2) is 0 Å². The highest BCUT2D eigenvalue weighted by atomic mass is 16.5. The number of carbonyl (C=O) groups is 7. The number of amides is 7. The van der Waals surface area contributed by atoms with Crippen molar-refractivity contribution in [3.63, 3.8) is 0 Å². The van der Waals surface area contributed by atoms with Crippen LogP contribution in [-0.2, 0) is 47.8 Å². The van der Waals surface area contributed by atoms with Crippen LogP contribution in [0.15, 0.2) is 0 Å². The molecule has 17 heteroatoms. The Hall–Kier alpha value is -3.83. The van der Waals surface area contributed by atoms with E-state index in [0.717, 1.165) is 6.42 Å². The molecule has 0 saturated heterocycles. The number of rotatable bonds is 31. The van der Waals surface area contributed by atoms with Gasteiger partial charge in [0.25, 0.3) is 0 Å². The van der Waals surface area contributed by atoms with Crippen LogP contribution in [0.2, 0.25) is 0 Å². The fourth-order valence-electron chi connectivity index (χ4n) is 4.20. The quantitative estimate of drug-likeness (QED) is 0.0441. The van der Waals surface area contributed by atoms with Gasteiger partial charge in [0.2, 0.25) is 41.4 Å². The average Bonchev–Trinajstić information content (AvgIpc) is 3.06. The highest BCUT2D eigenvalue weighted by Gasteiger charge is 2.33. The predicted molar refractivity (Wildman–Crippen MR) is 186 cm³/mol. The molecule has 0 aliphatic heterocycles. The van der Waals surface area contributed by atoms with Gasteiger partial charge in [-0.2, -0.15) is 0 Å². The van der Waals surface area contributed by atoms with E-state index < -0.39 is 5.54 Å². The number of hydrogen-bond acceptors (Lipinski definition) is 10. The Morgan fingerprint density at radius 3 is 1.08 bits per heavy atom. The largest absolute Gasteiger partial charge is 0.378 e. The van der Waals surface area contributed by atoms with Crippen molar-refractivity contribution in [2.45, 2.75) is 91.0 Å². The zero-order valence-corrected chi connectivity index (χ0v) is 30.4. The summed E-state index contributed by atoms with van der Waals surface area (Å²) in [6, 6.07) is 0. The smallest absolute Gasteiger partial charge is 0.222 e. The second-order valence-electron chi connectivity index (χ2n) is 11.8. The summed E-state index contributed by atoms with van der Waals surface area (Å²) in [6.07, 6.45) is 3.34. The van der Waals surface area contributed by atoms with Crippen LogP contribution in [-0.4, -0.2) is 126 Å². The highest BCUT2D eigenvalue weighted by molar-refractivity contribution is 5.78. The Labute approximate surface area is 296 Å². The van der Waals surface area contributed by atoms with Gasteiger partial charge >= 0.3 is 0 Å². The van der Waals surface area contributed by atoms with Crippen LogP contribution in [0.4, 0.5) is 0 Å². The van der Waals surface area contributed by atoms with Crippen LogP contribution < -0.4 is 37.2 Å². The van der Waals surface area contributed by atoms with E-state index in [-0.39, 0.29) is 107 Å². The van der Waals surface area contributed by atoms with Crippen molar-refractivity contribution in [2.24, 2.45) is 0 Å². The predicted octanol–water partition coefficient (Wildman–Crippen LogP) is -0.821. The molecule has 7 N–H and O–H groups in total. The molecule has 0 radical (unpaired) electrons. The van der Waals surface area contributed by atoms with Crippen LogP contribution in [0.25, 0.3) is 0 Å². The zero-order chi connectivity index (χ0) is 37.5. The second kappa shape index (κ2) is 30.0. The minimum absolute atomic E-state index is 0.0177. The topological polar surface area (TPSA) is 231 Å². The Balaban J connectivity index is 5.04. The maximum atomic E-state index is 12.6. The zero-order valence-electron chi connectivity index (χ0n) is 30.4. The Kier molecular flexibility index (Phi) is 27.7. The molecule has 0 bridgehead atoms. The molecule has 0 fully saturated rings. The summed E-state index contributed by atoms with van der Waals surface area (Å²) in [6.45, 7) is 8.94. The number of hydrogen-bond donors (Lipinski definition) is 7. The Morgan fingerprint density at radius 2 is 0.780 bits per heavy atom. The molecule has 0 aromatic carbocycles. The first-order valence-electron chi connectivity index (χ1n) is 17.5. The molecule has 0 rings (SSSR count). The molecule has 0 saturated carbocycles. The van der Waals surface area contributed by atoms with Gasteiger partial charge in [0, 0.05) is 85.2 Å².